The van der Waals surface area contributed by atoms with Crippen molar-refractivity contribution < 1.29 is 4.79 Å². The van der Waals surface area contributed by atoms with Crippen LogP contribution in [0, 0.1) is 23.7 Å². The topological polar surface area (TPSA) is 93.9 Å². The molecule has 0 spiro atoms. The predicted molar refractivity (Wildman–Crippen MR) is 116 cm³/mol. The average molecular weight is 413 g/mol. The minimum atomic E-state index is -0.0144. The molecule has 7 nitrogen and oxygen atoms in total. The smallest absolute Gasteiger partial charge is 0.223 e. The normalized spacial score (nSPS) is 18.4. The molecular formula is C21H28N6OS. The molecule has 0 atom stereocenters. The zero-order valence-corrected chi connectivity index (χ0v) is 18.3. The van der Waals surface area contributed by atoms with Crippen LogP contribution in [0.5, 0.6) is 0 Å². The van der Waals surface area contributed by atoms with E-state index in [4.69, 9.17) is 0 Å². The highest BCUT2D eigenvalue weighted by molar-refractivity contribution is 8.06. The van der Waals surface area contributed by atoms with E-state index in [1.165, 1.54) is 11.8 Å². The maximum absolute atomic E-state index is 11.7. The lowest BCUT2D eigenvalue weighted by Gasteiger charge is -2.20. The number of hydrogen-bond acceptors (Lipinski definition) is 7. The molecular weight excluding hydrogens is 384 g/mol. The number of hydrogen-bond donors (Lipinski definition) is 2. The summed E-state index contributed by atoms with van der Waals surface area (Å²) in [7, 11) is 0. The summed E-state index contributed by atoms with van der Waals surface area (Å²) in [4.78, 5) is 22.5. The van der Waals surface area contributed by atoms with Crippen LogP contribution in [-0.2, 0) is 4.79 Å². The second-order valence-corrected chi connectivity index (χ2v) is 9.21. The van der Waals surface area contributed by atoms with E-state index in [-0.39, 0.29) is 11.3 Å². The van der Waals surface area contributed by atoms with E-state index in [9.17, 15) is 10.1 Å². The minimum absolute atomic E-state index is 0.0144. The molecule has 1 aromatic rings. The van der Waals surface area contributed by atoms with E-state index in [0.29, 0.717) is 30.2 Å². The molecule has 0 saturated carbocycles. The van der Waals surface area contributed by atoms with E-state index in [2.05, 4.69) is 52.9 Å². The molecule has 154 valence electrons. The Morgan fingerprint density at radius 3 is 2.86 bits per heavy atom. The zero-order chi connectivity index (χ0) is 21.0. The number of aromatic nitrogens is 2. The number of nitrogens with zero attached hydrogens (tertiary/aromatic N) is 4. The number of nitriles is 1. The third kappa shape index (κ3) is 5.10. The molecule has 1 fully saturated rings. The standard InChI is InChI=1S/C21H28N6OS/c1-14-12-24-20(23-8-6-10-27-9-5-7-17(27)28)26-18(14)15(11-22)19-25-16(13-29-19)21(2,3)4/h12-13,25H,5-10H2,1-4H3,(H,23,24,26)/b19-15+. The molecule has 2 N–H and O–H groups in total. The third-order valence-electron chi connectivity index (χ3n) is 4.96. The molecule has 29 heavy (non-hydrogen) atoms. The van der Waals surface area contributed by atoms with Crippen LogP contribution in [0.4, 0.5) is 5.95 Å². The van der Waals surface area contributed by atoms with Gasteiger partial charge in [0.15, 0.2) is 0 Å². The minimum Gasteiger partial charge on any atom is -0.354 e. The Bertz CT molecular complexity index is 893. The van der Waals surface area contributed by atoms with Crippen molar-refractivity contribution in [3.63, 3.8) is 0 Å². The van der Waals surface area contributed by atoms with Crippen molar-refractivity contribution in [3.8, 4) is 6.07 Å². The summed E-state index contributed by atoms with van der Waals surface area (Å²) in [6, 6.07) is 2.31. The fraction of sp³-hybridized carbons (Fsp3) is 0.524. The molecule has 2 aliphatic rings. The van der Waals surface area contributed by atoms with Gasteiger partial charge in [-0.1, -0.05) is 32.5 Å². The number of aryl methyl sites for hydroxylation is 1. The van der Waals surface area contributed by atoms with Crippen LogP contribution >= 0.6 is 11.8 Å². The van der Waals surface area contributed by atoms with Crippen molar-refractivity contribution >= 4 is 29.2 Å². The van der Waals surface area contributed by atoms with Gasteiger partial charge in [-0.25, -0.2) is 9.97 Å². The monoisotopic (exact) mass is 412 g/mol. The van der Waals surface area contributed by atoms with Gasteiger partial charge in [0.25, 0.3) is 0 Å². The number of likely N-dealkylation sites (tertiary alicyclic amines) is 1. The molecule has 8 heteroatoms. The number of thioether (sulfide) groups is 1. The molecule has 1 amide bonds. The van der Waals surface area contributed by atoms with Gasteiger partial charge in [-0.05, 0) is 30.7 Å². The van der Waals surface area contributed by atoms with Gasteiger partial charge in [-0.3, -0.25) is 4.79 Å². The molecule has 0 aliphatic carbocycles. The molecule has 1 saturated heterocycles. The average Bonchev–Trinajstić information content (AvgIpc) is 3.31. The fourth-order valence-corrected chi connectivity index (χ4v) is 4.26. The maximum Gasteiger partial charge on any atom is 0.223 e. The van der Waals surface area contributed by atoms with Gasteiger partial charge in [0, 0.05) is 43.4 Å². The van der Waals surface area contributed by atoms with Crippen molar-refractivity contribution in [2.75, 3.05) is 25.0 Å². The molecule has 0 bridgehead atoms. The van der Waals surface area contributed by atoms with Crippen LogP contribution in [0.15, 0.2) is 22.3 Å². The van der Waals surface area contributed by atoms with Crippen LogP contribution in [-0.4, -0.2) is 40.4 Å². The number of anilines is 1. The van der Waals surface area contributed by atoms with Gasteiger partial charge in [-0.2, -0.15) is 5.26 Å². The summed E-state index contributed by atoms with van der Waals surface area (Å²) in [5.74, 6) is 0.743. The number of carbonyl (C=O) groups is 1. The largest absolute Gasteiger partial charge is 0.354 e. The summed E-state index contributed by atoms with van der Waals surface area (Å²) in [5.41, 5.74) is 3.09. The summed E-state index contributed by atoms with van der Waals surface area (Å²) in [5, 5.41) is 19.3. The van der Waals surface area contributed by atoms with Crippen molar-refractivity contribution in [2.24, 2.45) is 5.41 Å². The second-order valence-electron chi connectivity index (χ2n) is 8.33. The first kappa shape index (κ1) is 21.2. The van der Waals surface area contributed by atoms with E-state index < -0.39 is 0 Å². The molecule has 0 radical (unpaired) electrons. The Morgan fingerprint density at radius 1 is 1.45 bits per heavy atom. The highest BCUT2D eigenvalue weighted by atomic mass is 32.2. The van der Waals surface area contributed by atoms with Gasteiger partial charge >= 0.3 is 0 Å². The summed E-state index contributed by atoms with van der Waals surface area (Å²) in [6.45, 7) is 10.6. The lowest BCUT2D eigenvalue weighted by Crippen LogP contribution is -2.27. The van der Waals surface area contributed by atoms with Gasteiger partial charge in [-0.15, -0.1) is 0 Å². The van der Waals surface area contributed by atoms with Crippen molar-refractivity contribution in [3.05, 3.63) is 33.6 Å². The molecule has 1 aromatic heterocycles. The van der Waals surface area contributed by atoms with Crippen LogP contribution < -0.4 is 10.6 Å². The van der Waals surface area contributed by atoms with E-state index in [0.717, 1.165) is 42.2 Å². The maximum atomic E-state index is 11.7. The van der Waals surface area contributed by atoms with Crippen LogP contribution in [0.3, 0.4) is 0 Å². The number of carbonyl (C=O) groups excluding carboxylic acids is 1. The number of rotatable bonds is 6. The third-order valence-corrected chi connectivity index (χ3v) is 5.85. The highest BCUT2D eigenvalue weighted by Gasteiger charge is 2.25. The fourth-order valence-electron chi connectivity index (χ4n) is 3.19. The Hall–Kier alpha value is -2.53. The SMILES string of the molecule is Cc1cnc(NCCCN2CCCC2=O)nc1/C(C#N)=C1\NC(C(C)(C)C)=CS1. The highest BCUT2D eigenvalue weighted by Crippen LogP contribution is 2.38. The number of amides is 1. The summed E-state index contributed by atoms with van der Waals surface area (Å²) >= 11 is 1.52. The van der Waals surface area contributed by atoms with Crippen molar-refractivity contribution in [1.29, 1.82) is 5.26 Å². The molecule has 3 heterocycles. The number of allylic oxidation sites excluding steroid dienone is 2. The lowest BCUT2D eigenvalue weighted by atomic mass is 9.93. The Balaban J connectivity index is 1.67. The Morgan fingerprint density at radius 2 is 2.24 bits per heavy atom. The van der Waals surface area contributed by atoms with Crippen LogP contribution in [0.1, 0.15) is 51.3 Å². The molecule has 0 unspecified atom stereocenters. The van der Waals surface area contributed by atoms with Crippen LogP contribution in [0.2, 0.25) is 0 Å². The van der Waals surface area contributed by atoms with Crippen molar-refractivity contribution in [1.82, 2.24) is 20.2 Å². The first-order valence-electron chi connectivity index (χ1n) is 9.94. The molecule has 3 rings (SSSR count). The first-order chi connectivity index (χ1) is 13.8. The lowest BCUT2D eigenvalue weighted by molar-refractivity contribution is -0.127. The van der Waals surface area contributed by atoms with E-state index in [1.54, 1.807) is 6.20 Å². The van der Waals surface area contributed by atoms with Gasteiger partial charge in [0.2, 0.25) is 11.9 Å². The van der Waals surface area contributed by atoms with Crippen LogP contribution in [0.25, 0.3) is 5.57 Å². The zero-order valence-electron chi connectivity index (χ0n) is 17.5. The first-order valence-corrected chi connectivity index (χ1v) is 10.8. The second kappa shape index (κ2) is 8.87. The van der Waals surface area contributed by atoms with Gasteiger partial charge in [0.1, 0.15) is 11.6 Å². The van der Waals surface area contributed by atoms with E-state index >= 15 is 0 Å². The van der Waals surface area contributed by atoms with Gasteiger partial charge < -0.3 is 15.5 Å². The number of nitrogens with one attached hydrogen (secondary N) is 2. The van der Waals surface area contributed by atoms with Gasteiger partial charge in [0.05, 0.1) is 10.7 Å². The molecule has 2 aliphatic heterocycles. The molecule has 0 aromatic carbocycles. The van der Waals surface area contributed by atoms with Crippen molar-refractivity contribution in [2.45, 2.75) is 47.0 Å². The van der Waals surface area contributed by atoms with E-state index in [1.807, 2.05) is 11.8 Å². The summed E-state index contributed by atoms with van der Waals surface area (Å²) in [6.07, 6.45) is 4.20. The Kier molecular flexibility index (Phi) is 6.48. The predicted octanol–water partition coefficient (Wildman–Crippen LogP) is 3.63. The quantitative estimate of drug-likeness (QED) is 0.544. The Labute approximate surface area is 176 Å². The summed E-state index contributed by atoms with van der Waals surface area (Å²) < 4.78 is 0.